The molecule has 2 fully saturated rings. The third kappa shape index (κ3) is 2.46. The van der Waals surface area contributed by atoms with Crippen molar-refractivity contribution in [2.75, 3.05) is 18.0 Å². The number of halogens is 1. The SMILES string of the molecule is N#Cc1cc(Cl)ccc1N1CCC2NC(=O)CCC2C1. The lowest BCUT2D eigenvalue weighted by atomic mass is 9.85. The van der Waals surface area contributed by atoms with Crippen molar-refractivity contribution < 1.29 is 4.79 Å². The quantitative estimate of drug-likeness (QED) is 0.863. The first kappa shape index (κ1) is 13.3. The Morgan fingerprint density at radius 1 is 1.40 bits per heavy atom. The molecule has 2 heterocycles. The molecule has 20 heavy (non-hydrogen) atoms. The van der Waals surface area contributed by atoms with Crippen LogP contribution in [0.1, 0.15) is 24.8 Å². The third-order valence-corrected chi connectivity index (χ3v) is 4.48. The van der Waals surface area contributed by atoms with E-state index in [1.54, 1.807) is 6.07 Å². The number of nitrogens with zero attached hydrogens (tertiary/aromatic N) is 2. The summed E-state index contributed by atoms with van der Waals surface area (Å²) in [6.45, 7) is 1.75. The Balaban J connectivity index is 1.80. The fourth-order valence-corrected chi connectivity index (χ4v) is 3.37. The summed E-state index contributed by atoms with van der Waals surface area (Å²) in [6.07, 6.45) is 2.48. The predicted octanol–water partition coefficient (Wildman–Crippen LogP) is 2.32. The molecule has 0 saturated carbocycles. The van der Waals surface area contributed by atoms with Gasteiger partial charge in [-0.3, -0.25) is 4.79 Å². The topological polar surface area (TPSA) is 56.1 Å². The van der Waals surface area contributed by atoms with E-state index in [4.69, 9.17) is 11.6 Å². The summed E-state index contributed by atoms with van der Waals surface area (Å²) in [5.74, 6) is 0.646. The van der Waals surface area contributed by atoms with E-state index in [0.29, 0.717) is 29.0 Å². The van der Waals surface area contributed by atoms with Crippen LogP contribution in [0.2, 0.25) is 5.02 Å². The number of nitriles is 1. The first-order valence-electron chi connectivity index (χ1n) is 6.91. The summed E-state index contributed by atoms with van der Waals surface area (Å²) in [5, 5.41) is 12.9. The lowest BCUT2D eigenvalue weighted by Crippen LogP contribution is -2.54. The number of benzene rings is 1. The molecule has 0 aliphatic carbocycles. The second-order valence-electron chi connectivity index (χ2n) is 5.48. The molecule has 5 heteroatoms. The van der Waals surface area contributed by atoms with Gasteiger partial charge in [0, 0.05) is 30.6 Å². The second-order valence-corrected chi connectivity index (χ2v) is 5.92. The average molecular weight is 290 g/mol. The van der Waals surface area contributed by atoms with E-state index < -0.39 is 0 Å². The number of carbonyl (C=O) groups excluding carboxylic acids is 1. The minimum atomic E-state index is 0.170. The van der Waals surface area contributed by atoms with Gasteiger partial charge in [-0.05, 0) is 37.0 Å². The van der Waals surface area contributed by atoms with E-state index in [2.05, 4.69) is 16.3 Å². The Bertz CT molecular complexity index is 581. The van der Waals surface area contributed by atoms with Crippen LogP contribution >= 0.6 is 11.6 Å². The third-order valence-electron chi connectivity index (χ3n) is 4.24. The molecule has 0 radical (unpaired) electrons. The highest BCUT2D eigenvalue weighted by molar-refractivity contribution is 6.30. The number of nitrogens with one attached hydrogen (secondary N) is 1. The maximum Gasteiger partial charge on any atom is 0.220 e. The number of piperidine rings is 2. The van der Waals surface area contributed by atoms with Crippen LogP contribution in [0.25, 0.3) is 0 Å². The van der Waals surface area contributed by atoms with Crippen molar-refractivity contribution in [1.29, 1.82) is 5.26 Å². The predicted molar refractivity (Wildman–Crippen MR) is 77.7 cm³/mol. The molecule has 1 aromatic carbocycles. The highest BCUT2D eigenvalue weighted by Crippen LogP contribution is 2.31. The van der Waals surface area contributed by atoms with Gasteiger partial charge in [0.25, 0.3) is 0 Å². The molecule has 2 saturated heterocycles. The van der Waals surface area contributed by atoms with Gasteiger partial charge in [0.15, 0.2) is 0 Å². The molecule has 2 aliphatic rings. The van der Waals surface area contributed by atoms with E-state index in [9.17, 15) is 10.1 Å². The second kappa shape index (κ2) is 5.34. The van der Waals surface area contributed by atoms with Crippen LogP contribution in [0.5, 0.6) is 0 Å². The van der Waals surface area contributed by atoms with E-state index in [1.165, 1.54) is 0 Å². The van der Waals surface area contributed by atoms with Crippen molar-refractivity contribution in [3.8, 4) is 6.07 Å². The molecule has 1 amide bonds. The number of carbonyl (C=O) groups is 1. The van der Waals surface area contributed by atoms with E-state index in [0.717, 1.165) is 31.6 Å². The fourth-order valence-electron chi connectivity index (χ4n) is 3.20. The highest BCUT2D eigenvalue weighted by atomic mass is 35.5. The molecule has 1 aromatic rings. The lowest BCUT2D eigenvalue weighted by Gasteiger charge is -2.42. The van der Waals surface area contributed by atoms with E-state index >= 15 is 0 Å². The van der Waals surface area contributed by atoms with Gasteiger partial charge in [-0.15, -0.1) is 0 Å². The summed E-state index contributed by atoms with van der Waals surface area (Å²) < 4.78 is 0. The van der Waals surface area contributed by atoms with Crippen molar-refractivity contribution in [2.24, 2.45) is 5.92 Å². The molecule has 1 N–H and O–H groups in total. The van der Waals surface area contributed by atoms with Crippen molar-refractivity contribution in [1.82, 2.24) is 5.32 Å². The van der Waals surface area contributed by atoms with Crippen molar-refractivity contribution >= 4 is 23.2 Å². The Labute approximate surface area is 123 Å². The lowest BCUT2D eigenvalue weighted by molar-refractivity contribution is -0.124. The number of amides is 1. The first-order chi connectivity index (χ1) is 9.67. The van der Waals surface area contributed by atoms with Gasteiger partial charge in [-0.25, -0.2) is 0 Å². The maximum atomic E-state index is 11.4. The van der Waals surface area contributed by atoms with Gasteiger partial charge in [0.05, 0.1) is 11.3 Å². The van der Waals surface area contributed by atoms with Gasteiger partial charge in [-0.1, -0.05) is 11.6 Å². The van der Waals surface area contributed by atoms with Gasteiger partial charge < -0.3 is 10.2 Å². The molecule has 2 atom stereocenters. The Morgan fingerprint density at radius 2 is 2.25 bits per heavy atom. The summed E-state index contributed by atoms with van der Waals surface area (Å²) >= 11 is 5.94. The number of hydrogen-bond donors (Lipinski definition) is 1. The number of anilines is 1. The molecular formula is C15H16ClN3O. The normalized spacial score (nSPS) is 25.6. The molecule has 3 rings (SSSR count). The minimum absolute atomic E-state index is 0.170. The van der Waals surface area contributed by atoms with Crippen LogP contribution in [0.4, 0.5) is 5.69 Å². The Morgan fingerprint density at radius 3 is 3.05 bits per heavy atom. The fraction of sp³-hybridized carbons (Fsp3) is 0.467. The first-order valence-corrected chi connectivity index (χ1v) is 7.29. The summed E-state index contributed by atoms with van der Waals surface area (Å²) in [5.41, 5.74) is 1.57. The summed E-state index contributed by atoms with van der Waals surface area (Å²) in [7, 11) is 0. The monoisotopic (exact) mass is 289 g/mol. The standard InChI is InChI=1S/C15H16ClN3O/c16-12-2-3-14(11(7-12)8-17)19-6-5-13-10(9-19)1-4-15(20)18-13/h2-3,7,10,13H,1,4-6,9H2,(H,18,20). The van der Waals surface area contributed by atoms with Gasteiger partial charge in [0.2, 0.25) is 5.91 Å². The van der Waals surface area contributed by atoms with E-state index in [1.807, 2.05) is 12.1 Å². The molecule has 0 spiro atoms. The van der Waals surface area contributed by atoms with Gasteiger partial charge >= 0.3 is 0 Å². The molecule has 0 bridgehead atoms. The van der Waals surface area contributed by atoms with Crippen molar-refractivity contribution in [3.05, 3.63) is 28.8 Å². The zero-order valence-corrected chi connectivity index (χ0v) is 11.9. The zero-order chi connectivity index (χ0) is 14.1. The maximum absolute atomic E-state index is 11.4. The number of hydrogen-bond acceptors (Lipinski definition) is 3. The highest BCUT2D eigenvalue weighted by Gasteiger charge is 2.34. The zero-order valence-electron chi connectivity index (χ0n) is 11.1. The van der Waals surface area contributed by atoms with Crippen LogP contribution in [-0.2, 0) is 4.79 Å². The Kier molecular flexibility index (Phi) is 3.54. The van der Waals surface area contributed by atoms with E-state index in [-0.39, 0.29) is 5.91 Å². The minimum Gasteiger partial charge on any atom is -0.370 e. The Hall–Kier alpha value is -1.73. The number of fused-ring (bicyclic) bond motifs is 1. The molecule has 0 aromatic heterocycles. The average Bonchev–Trinajstić information content (AvgIpc) is 2.46. The largest absolute Gasteiger partial charge is 0.370 e. The van der Waals surface area contributed by atoms with Gasteiger partial charge in [0.1, 0.15) is 6.07 Å². The molecule has 2 unspecified atom stereocenters. The van der Waals surface area contributed by atoms with Gasteiger partial charge in [-0.2, -0.15) is 5.26 Å². The molecule has 4 nitrogen and oxygen atoms in total. The van der Waals surface area contributed by atoms with Crippen molar-refractivity contribution in [2.45, 2.75) is 25.3 Å². The van der Waals surface area contributed by atoms with Crippen LogP contribution in [0.15, 0.2) is 18.2 Å². The molecule has 104 valence electrons. The number of rotatable bonds is 1. The van der Waals surface area contributed by atoms with Crippen molar-refractivity contribution in [3.63, 3.8) is 0 Å². The van der Waals surface area contributed by atoms with Crippen LogP contribution in [0.3, 0.4) is 0 Å². The van der Waals surface area contributed by atoms with Crippen LogP contribution < -0.4 is 10.2 Å². The molecular weight excluding hydrogens is 274 g/mol. The summed E-state index contributed by atoms with van der Waals surface area (Å²) in [4.78, 5) is 13.7. The van der Waals surface area contributed by atoms with Crippen LogP contribution in [0, 0.1) is 17.2 Å². The molecule has 2 aliphatic heterocycles. The van der Waals surface area contributed by atoms with Crippen LogP contribution in [-0.4, -0.2) is 25.0 Å². The smallest absolute Gasteiger partial charge is 0.220 e. The summed E-state index contributed by atoms with van der Waals surface area (Å²) in [6, 6.07) is 7.97.